The normalized spacial score (nSPS) is 11.2. The van der Waals surface area contributed by atoms with E-state index in [-0.39, 0.29) is 5.91 Å². The fourth-order valence-electron chi connectivity index (χ4n) is 3.32. The molecule has 0 bridgehead atoms. The van der Waals surface area contributed by atoms with Crippen LogP contribution in [0.2, 0.25) is 5.02 Å². The molecule has 1 N–H and O–H groups in total. The summed E-state index contributed by atoms with van der Waals surface area (Å²) >= 11 is 5.99. The van der Waals surface area contributed by atoms with Crippen molar-refractivity contribution < 1.29 is 4.79 Å². The molecule has 1 heterocycles. The molecule has 0 radical (unpaired) electrons. The third-order valence-corrected chi connectivity index (χ3v) is 4.91. The number of nitrogens with one attached hydrogen (secondary N) is 1. The van der Waals surface area contributed by atoms with E-state index in [0.717, 1.165) is 27.3 Å². The van der Waals surface area contributed by atoms with Crippen molar-refractivity contribution in [2.24, 2.45) is 0 Å². The summed E-state index contributed by atoms with van der Waals surface area (Å²) in [6.45, 7) is 0. The van der Waals surface area contributed by atoms with Gasteiger partial charge < -0.3 is 5.32 Å². The van der Waals surface area contributed by atoms with Crippen molar-refractivity contribution in [2.45, 2.75) is 0 Å². The first-order valence-electron chi connectivity index (χ1n) is 8.83. The van der Waals surface area contributed by atoms with Gasteiger partial charge in [-0.1, -0.05) is 48.0 Å². The van der Waals surface area contributed by atoms with E-state index in [1.54, 1.807) is 36.4 Å². The second-order valence-electron chi connectivity index (χ2n) is 6.55. The van der Waals surface area contributed by atoms with Crippen LogP contribution in [0.5, 0.6) is 0 Å². The molecular formula is C23H14ClN3O. The zero-order chi connectivity index (χ0) is 19.1. The Morgan fingerprint density at radius 2 is 1.64 bits per heavy atom. The number of benzene rings is 4. The predicted molar refractivity (Wildman–Crippen MR) is 114 cm³/mol. The molecule has 5 aromatic rings. The number of anilines is 1. The minimum atomic E-state index is -0.219. The molecule has 0 spiro atoms. The molecular weight excluding hydrogens is 370 g/mol. The van der Waals surface area contributed by atoms with Crippen LogP contribution in [0.25, 0.3) is 32.8 Å². The number of hydrogen-bond donors (Lipinski definition) is 1. The van der Waals surface area contributed by atoms with Gasteiger partial charge in [-0.15, -0.1) is 0 Å². The summed E-state index contributed by atoms with van der Waals surface area (Å²) in [6, 6.07) is 24.5. The van der Waals surface area contributed by atoms with Crippen molar-refractivity contribution in [1.82, 2.24) is 9.97 Å². The molecule has 0 atom stereocenters. The van der Waals surface area contributed by atoms with Crippen molar-refractivity contribution >= 4 is 56.0 Å². The molecule has 0 aliphatic rings. The first kappa shape index (κ1) is 16.7. The van der Waals surface area contributed by atoms with Gasteiger partial charge in [-0.25, -0.2) is 9.97 Å². The Balaban J connectivity index is 1.60. The summed E-state index contributed by atoms with van der Waals surface area (Å²) in [7, 11) is 0. The highest BCUT2D eigenvalue weighted by Crippen LogP contribution is 2.25. The van der Waals surface area contributed by atoms with Crippen LogP contribution in [0.3, 0.4) is 0 Å². The first-order valence-corrected chi connectivity index (χ1v) is 9.21. The molecule has 0 aliphatic carbocycles. The predicted octanol–water partition coefficient (Wildman–Crippen LogP) is 5.84. The van der Waals surface area contributed by atoms with E-state index in [1.807, 2.05) is 36.4 Å². The Kier molecular flexibility index (Phi) is 3.92. The third kappa shape index (κ3) is 2.94. The molecule has 0 saturated carbocycles. The Morgan fingerprint density at radius 1 is 0.786 bits per heavy atom. The molecule has 0 aliphatic heterocycles. The summed E-state index contributed by atoms with van der Waals surface area (Å²) in [5.41, 5.74) is 4.26. The molecule has 134 valence electrons. The first-order chi connectivity index (χ1) is 13.7. The fraction of sp³-hybridized carbons (Fsp3) is 0. The van der Waals surface area contributed by atoms with Crippen molar-refractivity contribution in [1.29, 1.82) is 0 Å². The number of carbonyl (C=O) groups is 1. The van der Waals surface area contributed by atoms with Gasteiger partial charge in [0.05, 0.1) is 22.1 Å². The van der Waals surface area contributed by atoms with Crippen LogP contribution < -0.4 is 5.32 Å². The Bertz CT molecular complexity index is 1380. The van der Waals surface area contributed by atoms with Crippen molar-refractivity contribution in [2.75, 3.05) is 5.32 Å². The van der Waals surface area contributed by atoms with Crippen LogP contribution in [-0.4, -0.2) is 15.9 Å². The summed E-state index contributed by atoms with van der Waals surface area (Å²) in [5, 5.41) is 5.58. The minimum absolute atomic E-state index is 0.219. The standard InChI is InChI=1S/C23H14ClN3O/c24-16-5-3-6-17(13-16)25-23(28)15-9-10-19-21(12-15)27-22-18-7-2-1-4-14(18)8-11-20(22)26-19/h1-13H,(H,25,28). The Labute approximate surface area is 165 Å². The molecule has 0 saturated heterocycles. The Hall–Kier alpha value is -3.50. The zero-order valence-electron chi connectivity index (χ0n) is 14.7. The van der Waals surface area contributed by atoms with Crippen LogP contribution >= 0.6 is 11.6 Å². The lowest BCUT2D eigenvalue weighted by Gasteiger charge is -2.08. The average Bonchev–Trinajstić information content (AvgIpc) is 2.72. The minimum Gasteiger partial charge on any atom is -0.322 e. The fourth-order valence-corrected chi connectivity index (χ4v) is 3.51. The van der Waals surface area contributed by atoms with Gasteiger partial charge in [-0.2, -0.15) is 0 Å². The molecule has 4 nitrogen and oxygen atoms in total. The van der Waals surface area contributed by atoms with E-state index in [4.69, 9.17) is 21.6 Å². The van der Waals surface area contributed by atoms with Crippen LogP contribution in [0.15, 0.2) is 78.9 Å². The zero-order valence-corrected chi connectivity index (χ0v) is 15.4. The van der Waals surface area contributed by atoms with Gasteiger partial charge >= 0.3 is 0 Å². The van der Waals surface area contributed by atoms with Gasteiger partial charge in [-0.3, -0.25) is 4.79 Å². The number of aromatic nitrogens is 2. The van der Waals surface area contributed by atoms with Gasteiger partial charge in [0.1, 0.15) is 0 Å². The number of hydrogen-bond acceptors (Lipinski definition) is 3. The molecule has 0 unspecified atom stereocenters. The summed E-state index contributed by atoms with van der Waals surface area (Å²) in [4.78, 5) is 22.2. The summed E-state index contributed by atoms with van der Waals surface area (Å²) < 4.78 is 0. The lowest BCUT2D eigenvalue weighted by Crippen LogP contribution is -2.11. The summed E-state index contributed by atoms with van der Waals surface area (Å²) in [5.74, 6) is -0.219. The molecule has 0 fully saturated rings. The van der Waals surface area contributed by atoms with Crippen LogP contribution in [0.4, 0.5) is 5.69 Å². The van der Waals surface area contributed by atoms with Crippen molar-refractivity contribution in [3.05, 3.63) is 89.4 Å². The van der Waals surface area contributed by atoms with Crippen molar-refractivity contribution in [3.63, 3.8) is 0 Å². The van der Waals surface area contributed by atoms with Gasteiger partial charge in [0.25, 0.3) is 5.91 Å². The number of fused-ring (bicyclic) bond motifs is 4. The topological polar surface area (TPSA) is 54.9 Å². The third-order valence-electron chi connectivity index (χ3n) is 4.67. The van der Waals surface area contributed by atoms with E-state index in [1.165, 1.54) is 0 Å². The molecule has 28 heavy (non-hydrogen) atoms. The second kappa shape index (κ2) is 6.59. The lowest BCUT2D eigenvalue weighted by molar-refractivity contribution is 0.102. The lowest BCUT2D eigenvalue weighted by atomic mass is 10.1. The quantitative estimate of drug-likeness (QED) is 0.307. The van der Waals surface area contributed by atoms with Gasteiger partial charge in [0.15, 0.2) is 0 Å². The number of amides is 1. The van der Waals surface area contributed by atoms with Crippen LogP contribution in [0, 0.1) is 0 Å². The van der Waals surface area contributed by atoms with Crippen LogP contribution in [0.1, 0.15) is 10.4 Å². The molecule has 5 rings (SSSR count). The van der Waals surface area contributed by atoms with E-state index < -0.39 is 0 Å². The van der Waals surface area contributed by atoms with E-state index in [2.05, 4.69) is 11.4 Å². The van der Waals surface area contributed by atoms with Crippen LogP contribution in [-0.2, 0) is 0 Å². The maximum atomic E-state index is 12.6. The molecule has 1 amide bonds. The van der Waals surface area contributed by atoms with Gasteiger partial charge in [0, 0.05) is 21.7 Å². The molecule has 5 heteroatoms. The molecule has 4 aromatic carbocycles. The van der Waals surface area contributed by atoms with Gasteiger partial charge in [0.2, 0.25) is 0 Å². The highest BCUT2D eigenvalue weighted by atomic mass is 35.5. The highest BCUT2D eigenvalue weighted by molar-refractivity contribution is 6.31. The van der Waals surface area contributed by atoms with E-state index >= 15 is 0 Å². The largest absolute Gasteiger partial charge is 0.322 e. The number of halogens is 1. The second-order valence-corrected chi connectivity index (χ2v) is 6.98. The smallest absolute Gasteiger partial charge is 0.255 e. The summed E-state index contributed by atoms with van der Waals surface area (Å²) in [6.07, 6.45) is 0. The SMILES string of the molecule is O=C(Nc1cccc(Cl)c1)c1ccc2nc3ccc4ccccc4c3nc2c1. The maximum Gasteiger partial charge on any atom is 0.255 e. The monoisotopic (exact) mass is 383 g/mol. The number of nitrogens with zero attached hydrogens (tertiary/aromatic N) is 2. The number of carbonyl (C=O) groups excluding carboxylic acids is 1. The number of rotatable bonds is 2. The van der Waals surface area contributed by atoms with E-state index in [9.17, 15) is 4.79 Å². The maximum absolute atomic E-state index is 12.6. The van der Waals surface area contributed by atoms with Gasteiger partial charge in [-0.05, 0) is 47.9 Å². The average molecular weight is 384 g/mol. The van der Waals surface area contributed by atoms with E-state index in [0.29, 0.717) is 21.8 Å². The Morgan fingerprint density at radius 3 is 2.54 bits per heavy atom. The highest BCUT2D eigenvalue weighted by Gasteiger charge is 2.10. The molecule has 1 aromatic heterocycles. The van der Waals surface area contributed by atoms with Crippen molar-refractivity contribution in [3.8, 4) is 0 Å².